The van der Waals surface area contributed by atoms with Crippen LogP contribution in [0.15, 0.2) is 54.6 Å². The molecule has 0 aliphatic carbocycles. The zero-order chi connectivity index (χ0) is 13.2. The standard InChI is InChI=1S/C16H17ClO/c1-16(2,13-8-4-3-5-9-13)15(18)12-7-6-10-14(17)11-12/h3-11,15,18H,1-2H3. The molecule has 0 saturated carbocycles. The molecule has 2 aromatic rings. The van der Waals surface area contributed by atoms with Crippen molar-refractivity contribution in [2.75, 3.05) is 0 Å². The van der Waals surface area contributed by atoms with Gasteiger partial charge in [0.15, 0.2) is 0 Å². The molecule has 2 aromatic carbocycles. The van der Waals surface area contributed by atoms with Crippen LogP contribution in [-0.4, -0.2) is 5.11 Å². The largest absolute Gasteiger partial charge is 0.388 e. The van der Waals surface area contributed by atoms with Crippen LogP contribution in [0.5, 0.6) is 0 Å². The summed E-state index contributed by atoms with van der Waals surface area (Å²) in [7, 11) is 0. The number of aliphatic hydroxyl groups is 1. The molecule has 2 heteroatoms. The maximum Gasteiger partial charge on any atom is 0.0881 e. The maximum absolute atomic E-state index is 10.6. The Kier molecular flexibility index (Phi) is 3.74. The van der Waals surface area contributed by atoms with Gasteiger partial charge in [-0.3, -0.25) is 0 Å². The molecule has 1 nitrogen and oxygen atoms in total. The van der Waals surface area contributed by atoms with Gasteiger partial charge in [-0.15, -0.1) is 0 Å². The van der Waals surface area contributed by atoms with E-state index in [0.717, 1.165) is 11.1 Å². The predicted molar refractivity (Wildman–Crippen MR) is 75.9 cm³/mol. The van der Waals surface area contributed by atoms with E-state index in [9.17, 15) is 5.11 Å². The second kappa shape index (κ2) is 5.13. The van der Waals surface area contributed by atoms with Gasteiger partial charge in [0.05, 0.1) is 6.10 Å². The van der Waals surface area contributed by atoms with Gasteiger partial charge in [0.1, 0.15) is 0 Å². The molecule has 2 rings (SSSR count). The van der Waals surface area contributed by atoms with Gasteiger partial charge in [0.25, 0.3) is 0 Å². The van der Waals surface area contributed by atoms with Crippen molar-refractivity contribution in [3.05, 3.63) is 70.7 Å². The molecule has 0 fully saturated rings. The fraction of sp³-hybridized carbons (Fsp3) is 0.250. The van der Waals surface area contributed by atoms with Gasteiger partial charge in [0, 0.05) is 10.4 Å². The molecular formula is C16H17ClO. The van der Waals surface area contributed by atoms with Crippen LogP contribution in [0.4, 0.5) is 0 Å². The monoisotopic (exact) mass is 260 g/mol. The van der Waals surface area contributed by atoms with Crippen molar-refractivity contribution in [3.8, 4) is 0 Å². The molecule has 1 atom stereocenters. The van der Waals surface area contributed by atoms with Crippen molar-refractivity contribution < 1.29 is 5.11 Å². The highest BCUT2D eigenvalue weighted by atomic mass is 35.5. The van der Waals surface area contributed by atoms with Crippen LogP contribution in [0, 0.1) is 0 Å². The Bertz CT molecular complexity index is 520. The van der Waals surface area contributed by atoms with Crippen molar-refractivity contribution in [3.63, 3.8) is 0 Å². The van der Waals surface area contributed by atoms with Gasteiger partial charge >= 0.3 is 0 Å². The SMILES string of the molecule is CC(C)(c1ccccc1)C(O)c1cccc(Cl)c1. The summed E-state index contributed by atoms with van der Waals surface area (Å²) < 4.78 is 0. The van der Waals surface area contributed by atoms with E-state index in [1.54, 1.807) is 0 Å². The molecule has 0 spiro atoms. The summed E-state index contributed by atoms with van der Waals surface area (Å²) in [5.74, 6) is 0. The van der Waals surface area contributed by atoms with Gasteiger partial charge in [-0.25, -0.2) is 0 Å². The van der Waals surface area contributed by atoms with Crippen molar-refractivity contribution in [2.24, 2.45) is 0 Å². The van der Waals surface area contributed by atoms with Crippen LogP contribution in [0.1, 0.15) is 31.1 Å². The predicted octanol–water partition coefficient (Wildman–Crippen LogP) is 4.35. The first kappa shape index (κ1) is 13.1. The van der Waals surface area contributed by atoms with E-state index in [1.807, 2.05) is 68.4 Å². The number of hydrogen-bond acceptors (Lipinski definition) is 1. The lowest BCUT2D eigenvalue weighted by Crippen LogP contribution is -2.26. The minimum absolute atomic E-state index is 0.355. The van der Waals surface area contributed by atoms with E-state index < -0.39 is 6.10 Å². The van der Waals surface area contributed by atoms with Gasteiger partial charge < -0.3 is 5.11 Å². The first-order valence-electron chi connectivity index (χ1n) is 6.01. The number of rotatable bonds is 3. The highest BCUT2D eigenvalue weighted by Gasteiger charge is 2.30. The fourth-order valence-electron chi connectivity index (χ4n) is 2.12. The molecule has 0 aliphatic rings. The lowest BCUT2D eigenvalue weighted by atomic mass is 9.77. The van der Waals surface area contributed by atoms with E-state index in [2.05, 4.69) is 0 Å². The van der Waals surface area contributed by atoms with Gasteiger partial charge in [-0.1, -0.05) is 67.9 Å². The molecular weight excluding hydrogens is 244 g/mol. The quantitative estimate of drug-likeness (QED) is 0.870. The van der Waals surface area contributed by atoms with E-state index in [4.69, 9.17) is 11.6 Å². The maximum atomic E-state index is 10.6. The molecule has 0 radical (unpaired) electrons. The first-order valence-corrected chi connectivity index (χ1v) is 6.38. The summed E-state index contributed by atoms with van der Waals surface area (Å²) in [6.07, 6.45) is -0.585. The highest BCUT2D eigenvalue weighted by molar-refractivity contribution is 6.30. The summed E-state index contributed by atoms with van der Waals surface area (Å²) >= 11 is 5.97. The Morgan fingerprint density at radius 2 is 1.67 bits per heavy atom. The van der Waals surface area contributed by atoms with E-state index >= 15 is 0 Å². The molecule has 94 valence electrons. The molecule has 18 heavy (non-hydrogen) atoms. The van der Waals surface area contributed by atoms with Crippen molar-refractivity contribution >= 4 is 11.6 Å². The van der Waals surface area contributed by atoms with Crippen LogP contribution in [0.25, 0.3) is 0 Å². The Morgan fingerprint density at radius 1 is 1.00 bits per heavy atom. The molecule has 0 amide bonds. The van der Waals surface area contributed by atoms with Crippen LogP contribution >= 0.6 is 11.6 Å². The summed E-state index contributed by atoms with van der Waals surface area (Å²) in [5.41, 5.74) is 1.60. The number of halogens is 1. The number of hydrogen-bond donors (Lipinski definition) is 1. The molecule has 0 bridgehead atoms. The Labute approximate surface area is 113 Å². The zero-order valence-corrected chi connectivity index (χ0v) is 11.4. The number of aliphatic hydroxyl groups excluding tert-OH is 1. The normalized spacial score (nSPS) is 13.3. The van der Waals surface area contributed by atoms with E-state index in [0.29, 0.717) is 5.02 Å². The smallest absolute Gasteiger partial charge is 0.0881 e. The fourth-order valence-corrected chi connectivity index (χ4v) is 2.32. The summed E-state index contributed by atoms with van der Waals surface area (Å²) in [4.78, 5) is 0. The minimum atomic E-state index is -0.585. The van der Waals surface area contributed by atoms with Crippen LogP contribution in [0.2, 0.25) is 5.02 Å². The van der Waals surface area contributed by atoms with Gasteiger partial charge in [-0.05, 0) is 23.3 Å². The molecule has 0 aromatic heterocycles. The number of benzene rings is 2. The Hall–Kier alpha value is -1.31. The van der Waals surface area contributed by atoms with Crippen LogP contribution in [-0.2, 0) is 5.41 Å². The van der Waals surface area contributed by atoms with E-state index in [-0.39, 0.29) is 5.41 Å². The van der Waals surface area contributed by atoms with Gasteiger partial charge in [-0.2, -0.15) is 0 Å². The second-order valence-corrected chi connectivity index (χ2v) is 5.48. The first-order chi connectivity index (χ1) is 8.51. The zero-order valence-electron chi connectivity index (χ0n) is 10.6. The average molecular weight is 261 g/mol. The molecule has 0 saturated heterocycles. The Morgan fingerprint density at radius 3 is 2.28 bits per heavy atom. The third-order valence-corrected chi connectivity index (χ3v) is 3.60. The van der Waals surface area contributed by atoms with Crippen molar-refractivity contribution in [1.82, 2.24) is 0 Å². The minimum Gasteiger partial charge on any atom is -0.388 e. The third kappa shape index (κ3) is 2.58. The average Bonchev–Trinajstić information content (AvgIpc) is 2.39. The summed E-state index contributed by atoms with van der Waals surface area (Å²) in [6, 6.07) is 17.4. The second-order valence-electron chi connectivity index (χ2n) is 5.05. The lowest BCUT2D eigenvalue weighted by molar-refractivity contribution is 0.100. The summed E-state index contributed by atoms with van der Waals surface area (Å²) in [5, 5.41) is 11.2. The molecule has 0 aliphatic heterocycles. The van der Waals surface area contributed by atoms with Gasteiger partial charge in [0.2, 0.25) is 0 Å². The van der Waals surface area contributed by atoms with E-state index in [1.165, 1.54) is 0 Å². The molecule has 1 N–H and O–H groups in total. The molecule has 0 heterocycles. The summed E-state index contributed by atoms with van der Waals surface area (Å²) in [6.45, 7) is 4.07. The van der Waals surface area contributed by atoms with Crippen molar-refractivity contribution in [1.29, 1.82) is 0 Å². The topological polar surface area (TPSA) is 20.2 Å². The van der Waals surface area contributed by atoms with Crippen molar-refractivity contribution in [2.45, 2.75) is 25.4 Å². The molecule has 1 unspecified atom stereocenters. The van der Waals surface area contributed by atoms with Crippen LogP contribution < -0.4 is 0 Å². The highest BCUT2D eigenvalue weighted by Crippen LogP contribution is 2.37. The Balaban J connectivity index is 2.36. The third-order valence-electron chi connectivity index (χ3n) is 3.37. The lowest BCUT2D eigenvalue weighted by Gasteiger charge is -2.31. The van der Waals surface area contributed by atoms with Crippen LogP contribution in [0.3, 0.4) is 0 Å².